The molecule has 0 saturated carbocycles. The summed E-state index contributed by atoms with van der Waals surface area (Å²) in [7, 11) is 0. The van der Waals surface area contributed by atoms with Gasteiger partial charge in [-0.25, -0.2) is 0 Å². The number of nitrogens with zero attached hydrogens (tertiary/aromatic N) is 1. The molecule has 2 N–H and O–H groups in total. The van der Waals surface area contributed by atoms with Crippen LogP contribution in [0.2, 0.25) is 0 Å². The minimum absolute atomic E-state index is 0.0112. The smallest absolute Gasteiger partial charge is 0.239 e. The monoisotopic (exact) mass is 355 g/mol. The molecule has 1 amide bonds. The zero-order chi connectivity index (χ0) is 18.0. The lowest BCUT2D eigenvalue weighted by Gasteiger charge is -2.26. The van der Waals surface area contributed by atoms with E-state index in [2.05, 4.69) is 15.5 Å². The molecule has 0 aromatic heterocycles. The number of nitrogens with one attached hydrogen (secondary N) is 2. The van der Waals surface area contributed by atoms with E-state index >= 15 is 0 Å². The van der Waals surface area contributed by atoms with Crippen molar-refractivity contribution in [3.63, 3.8) is 0 Å². The molecule has 2 aromatic rings. The molecule has 1 heterocycles. The Kier molecular flexibility index (Phi) is 6.87. The van der Waals surface area contributed by atoms with Crippen molar-refractivity contribution in [2.24, 2.45) is 0 Å². The predicted molar refractivity (Wildman–Crippen MR) is 102 cm³/mol. The SMILES string of the molecule is O=C(CNc1ccc(Oc2ccccc2)cc1)NCCN1CCOCC1. The Morgan fingerprint density at radius 3 is 2.42 bits per heavy atom. The van der Waals surface area contributed by atoms with Crippen molar-refractivity contribution in [2.45, 2.75) is 0 Å². The highest BCUT2D eigenvalue weighted by molar-refractivity contribution is 5.80. The van der Waals surface area contributed by atoms with Gasteiger partial charge in [-0.15, -0.1) is 0 Å². The van der Waals surface area contributed by atoms with Crippen LogP contribution in [0.15, 0.2) is 54.6 Å². The van der Waals surface area contributed by atoms with Crippen LogP contribution in [0.1, 0.15) is 0 Å². The van der Waals surface area contributed by atoms with Crippen molar-refractivity contribution in [2.75, 3.05) is 51.3 Å². The summed E-state index contributed by atoms with van der Waals surface area (Å²) in [4.78, 5) is 14.2. The average molecular weight is 355 g/mol. The number of benzene rings is 2. The highest BCUT2D eigenvalue weighted by Crippen LogP contribution is 2.22. The molecule has 6 heteroatoms. The fourth-order valence-electron chi connectivity index (χ4n) is 2.69. The summed E-state index contributed by atoms with van der Waals surface area (Å²) in [6.45, 7) is 5.20. The highest BCUT2D eigenvalue weighted by Gasteiger charge is 2.10. The number of morpholine rings is 1. The molecule has 1 aliphatic heterocycles. The Hall–Kier alpha value is -2.57. The third-order valence-electron chi connectivity index (χ3n) is 4.14. The van der Waals surface area contributed by atoms with Crippen LogP contribution in [0.3, 0.4) is 0 Å². The Morgan fingerprint density at radius 2 is 1.69 bits per heavy atom. The van der Waals surface area contributed by atoms with Gasteiger partial charge in [-0.3, -0.25) is 9.69 Å². The van der Waals surface area contributed by atoms with Crippen molar-refractivity contribution in [1.29, 1.82) is 0 Å². The van der Waals surface area contributed by atoms with E-state index < -0.39 is 0 Å². The molecule has 1 aliphatic rings. The first-order valence-corrected chi connectivity index (χ1v) is 8.93. The lowest BCUT2D eigenvalue weighted by Crippen LogP contribution is -2.42. The Labute approximate surface area is 154 Å². The molecule has 1 saturated heterocycles. The summed E-state index contributed by atoms with van der Waals surface area (Å²) in [6.07, 6.45) is 0. The lowest BCUT2D eigenvalue weighted by atomic mass is 10.3. The highest BCUT2D eigenvalue weighted by atomic mass is 16.5. The minimum Gasteiger partial charge on any atom is -0.457 e. The van der Waals surface area contributed by atoms with Gasteiger partial charge >= 0.3 is 0 Å². The van der Waals surface area contributed by atoms with Crippen LogP contribution in [0.4, 0.5) is 5.69 Å². The van der Waals surface area contributed by atoms with Gasteiger partial charge in [-0.1, -0.05) is 18.2 Å². The predicted octanol–water partition coefficient (Wildman–Crippen LogP) is 2.34. The Bertz CT molecular complexity index is 670. The van der Waals surface area contributed by atoms with E-state index in [1.165, 1.54) is 0 Å². The molecule has 3 rings (SSSR count). The normalized spacial score (nSPS) is 14.6. The quantitative estimate of drug-likeness (QED) is 0.761. The van der Waals surface area contributed by atoms with Crippen LogP contribution in [-0.2, 0) is 9.53 Å². The van der Waals surface area contributed by atoms with E-state index in [1.54, 1.807) is 0 Å². The molecule has 0 bridgehead atoms. The number of carbonyl (C=O) groups excluding carboxylic acids is 1. The first kappa shape index (κ1) is 18.2. The summed E-state index contributed by atoms with van der Waals surface area (Å²) < 4.78 is 11.1. The maximum atomic E-state index is 11.9. The van der Waals surface area contributed by atoms with Gasteiger partial charge in [0.2, 0.25) is 5.91 Å². The van der Waals surface area contributed by atoms with Gasteiger partial charge in [0.15, 0.2) is 0 Å². The lowest BCUT2D eigenvalue weighted by molar-refractivity contribution is -0.119. The standard InChI is InChI=1S/C20H25N3O3/c24-20(21-10-11-23-12-14-25-15-13-23)16-22-17-6-8-19(9-7-17)26-18-4-2-1-3-5-18/h1-9,22H,10-16H2,(H,21,24). The van der Waals surface area contributed by atoms with Gasteiger partial charge < -0.3 is 20.1 Å². The zero-order valence-corrected chi connectivity index (χ0v) is 14.8. The molecule has 26 heavy (non-hydrogen) atoms. The van der Waals surface area contributed by atoms with Crippen molar-refractivity contribution >= 4 is 11.6 Å². The summed E-state index contributed by atoms with van der Waals surface area (Å²) in [6, 6.07) is 17.2. The van der Waals surface area contributed by atoms with E-state index in [1.807, 2.05) is 54.6 Å². The number of carbonyl (C=O) groups is 1. The van der Waals surface area contributed by atoms with E-state index in [0.717, 1.165) is 50.0 Å². The van der Waals surface area contributed by atoms with Crippen LogP contribution in [-0.4, -0.2) is 56.7 Å². The molecule has 2 aromatic carbocycles. The third kappa shape index (κ3) is 6.06. The van der Waals surface area contributed by atoms with Crippen LogP contribution in [0.5, 0.6) is 11.5 Å². The largest absolute Gasteiger partial charge is 0.457 e. The molecular formula is C20H25N3O3. The van der Waals surface area contributed by atoms with E-state index in [9.17, 15) is 4.79 Å². The second-order valence-electron chi connectivity index (χ2n) is 6.10. The molecule has 0 atom stereocenters. The van der Waals surface area contributed by atoms with Gasteiger partial charge in [0, 0.05) is 31.9 Å². The molecule has 0 spiro atoms. The minimum atomic E-state index is -0.0112. The molecule has 1 fully saturated rings. The Morgan fingerprint density at radius 1 is 1.00 bits per heavy atom. The fraction of sp³-hybridized carbons (Fsp3) is 0.350. The van der Waals surface area contributed by atoms with E-state index in [-0.39, 0.29) is 12.5 Å². The summed E-state index contributed by atoms with van der Waals surface area (Å²) in [5, 5.41) is 6.06. The van der Waals surface area contributed by atoms with Crippen LogP contribution >= 0.6 is 0 Å². The second-order valence-corrected chi connectivity index (χ2v) is 6.10. The molecular weight excluding hydrogens is 330 g/mol. The zero-order valence-electron chi connectivity index (χ0n) is 14.8. The van der Waals surface area contributed by atoms with E-state index in [4.69, 9.17) is 9.47 Å². The number of rotatable bonds is 8. The van der Waals surface area contributed by atoms with Gasteiger partial charge in [-0.2, -0.15) is 0 Å². The van der Waals surface area contributed by atoms with Gasteiger partial charge in [-0.05, 0) is 36.4 Å². The summed E-state index contributed by atoms with van der Waals surface area (Å²) in [5.74, 6) is 1.55. The topological polar surface area (TPSA) is 62.8 Å². The van der Waals surface area contributed by atoms with E-state index in [0.29, 0.717) is 6.54 Å². The molecule has 138 valence electrons. The number of hydrogen-bond donors (Lipinski definition) is 2. The van der Waals surface area contributed by atoms with Crippen molar-refractivity contribution < 1.29 is 14.3 Å². The summed E-state index contributed by atoms with van der Waals surface area (Å²) in [5.41, 5.74) is 0.883. The van der Waals surface area contributed by atoms with Crippen molar-refractivity contribution in [3.8, 4) is 11.5 Å². The van der Waals surface area contributed by atoms with Gasteiger partial charge in [0.25, 0.3) is 0 Å². The molecule has 6 nitrogen and oxygen atoms in total. The summed E-state index contributed by atoms with van der Waals surface area (Å²) >= 11 is 0. The number of hydrogen-bond acceptors (Lipinski definition) is 5. The van der Waals surface area contributed by atoms with Gasteiger partial charge in [0.1, 0.15) is 11.5 Å². The van der Waals surface area contributed by atoms with Crippen molar-refractivity contribution in [3.05, 3.63) is 54.6 Å². The maximum Gasteiger partial charge on any atom is 0.239 e. The molecule has 0 aliphatic carbocycles. The third-order valence-corrected chi connectivity index (χ3v) is 4.14. The second kappa shape index (κ2) is 9.79. The molecule has 0 unspecified atom stereocenters. The van der Waals surface area contributed by atoms with Crippen LogP contribution in [0.25, 0.3) is 0 Å². The maximum absolute atomic E-state index is 11.9. The van der Waals surface area contributed by atoms with Crippen LogP contribution in [0, 0.1) is 0 Å². The fourth-order valence-corrected chi connectivity index (χ4v) is 2.69. The first-order chi connectivity index (χ1) is 12.8. The number of para-hydroxylation sites is 1. The average Bonchev–Trinajstić information content (AvgIpc) is 2.69. The first-order valence-electron chi connectivity index (χ1n) is 8.93. The van der Waals surface area contributed by atoms with Gasteiger partial charge in [0.05, 0.1) is 19.8 Å². The molecule has 0 radical (unpaired) electrons. The van der Waals surface area contributed by atoms with Crippen molar-refractivity contribution in [1.82, 2.24) is 10.2 Å². The number of anilines is 1. The Balaban J connectivity index is 1.35. The number of ether oxygens (including phenoxy) is 2. The van der Waals surface area contributed by atoms with Crippen LogP contribution < -0.4 is 15.4 Å². The number of amides is 1.